The van der Waals surface area contributed by atoms with Gasteiger partial charge in [0.05, 0.1) is 0 Å². The lowest BCUT2D eigenvalue weighted by molar-refractivity contribution is 0.437. The molecule has 0 saturated carbocycles. The molecule has 23 heavy (non-hydrogen) atoms. The van der Waals surface area contributed by atoms with Crippen LogP contribution in [0.2, 0.25) is 0 Å². The number of para-hydroxylation sites is 2. The van der Waals surface area contributed by atoms with Crippen LogP contribution in [0.15, 0.2) is 69.6 Å². The normalized spacial score (nSPS) is 12.1. The third kappa shape index (κ3) is 3.52. The maximum absolute atomic E-state index is 12.8. The van der Waals surface area contributed by atoms with E-state index in [1.54, 1.807) is 42.5 Å². The second kappa shape index (κ2) is 6.27. The molecule has 3 rings (SSSR count). The Morgan fingerprint density at radius 1 is 1.13 bits per heavy atom. The van der Waals surface area contributed by atoms with E-state index in [0.717, 1.165) is 0 Å². The summed E-state index contributed by atoms with van der Waals surface area (Å²) in [5.74, 6) is -0.496. The molecule has 1 heterocycles. The van der Waals surface area contributed by atoms with Crippen molar-refractivity contribution in [3.8, 4) is 0 Å². The zero-order valence-electron chi connectivity index (χ0n) is 11.9. The molecule has 0 aliphatic heterocycles. The van der Waals surface area contributed by atoms with Gasteiger partial charge >= 0.3 is 5.63 Å². The van der Waals surface area contributed by atoms with E-state index in [4.69, 9.17) is 4.42 Å². The highest BCUT2D eigenvalue weighted by atomic mass is 19.1. The molecule has 2 aromatic carbocycles. The molecule has 1 aromatic heterocycles. The van der Waals surface area contributed by atoms with Gasteiger partial charge in [-0.2, -0.15) is 0 Å². The number of benzene rings is 2. The van der Waals surface area contributed by atoms with Crippen molar-refractivity contribution in [1.82, 2.24) is 4.98 Å². The van der Waals surface area contributed by atoms with Gasteiger partial charge in [-0.25, -0.2) is 14.2 Å². The van der Waals surface area contributed by atoms with Gasteiger partial charge in [-0.3, -0.25) is 0 Å². The largest absolute Gasteiger partial charge is 0.508 e. The summed E-state index contributed by atoms with van der Waals surface area (Å²) in [5.41, 5.74) is 0.991. The van der Waals surface area contributed by atoms with Crippen molar-refractivity contribution in [1.29, 1.82) is 0 Å². The highest BCUT2D eigenvalue weighted by Gasteiger charge is 2.05. The number of rotatable bonds is 3. The SMILES string of the molecule is O=c1oc2ccccc2nc1/C=C(O)/C=C/c1ccc(F)cc1. The number of hydrogen-bond acceptors (Lipinski definition) is 4. The van der Waals surface area contributed by atoms with Gasteiger partial charge in [-0.1, -0.05) is 30.3 Å². The molecule has 0 atom stereocenters. The summed E-state index contributed by atoms with van der Waals surface area (Å²) < 4.78 is 17.9. The van der Waals surface area contributed by atoms with Crippen molar-refractivity contribution in [2.45, 2.75) is 0 Å². The summed E-state index contributed by atoms with van der Waals surface area (Å²) in [5, 5.41) is 9.89. The summed E-state index contributed by atoms with van der Waals surface area (Å²) in [6.07, 6.45) is 4.20. The highest BCUT2D eigenvalue weighted by molar-refractivity contribution is 5.72. The summed E-state index contributed by atoms with van der Waals surface area (Å²) in [6, 6.07) is 12.7. The molecule has 3 aromatic rings. The third-order valence-corrected chi connectivity index (χ3v) is 3.12. The summed E-state index contributed by atoms with van der Waals surface area (Å²) in [4.78, 5) is 16.0. The van der Waals surface area contributed by atoms with Crippen molar-refractivity contribution in [2.75, 3.05) is 0 Å². The maximum atomic E-state index is 12.8. The van der Waals surface area contributed by atoms with Gasteiger partial charge in [0.2, 0.25) is 0 Å². The quantitative estimate of drug-likeness (QED) is 0.588. The minimum atomic E-state index is -0.634. The van der Waals surface area contributed by atoms with Gasteiger partial charge in [0.1, 0.15) is 17.1 Å². The predicted octanol–water partition coefficient (Wildman–Crippen LogP) is 3.94. The molecule has 0 fully saturated rings. The van der Waals surface area contributed by atoms with E-state index in [-0.39, 0.29) is 17.3 Å². The number of hydrogen-bond donors (Lipinski definition) is 1. The van der Waals surface area contributed by atoms with Crippen LogP contribution in [0.25, 0.3) is 23.3 Å². The van der Waals surface area contributed by atoms with Crippen LogP contribution < -0.4 is 5.63 Å². The third-order valence-electron chi connectivity index (χ3n) is 3.12. The molecule has 114 valence electrons. The van der Waals surface area contributed by atoms with E-state index < -0.39 is 5.63 Å². The molecule has 0 spiro atoms. The number of aliphatic hydroxyl groups excluding tert-OH is 1. The minimum Gasteiger partial charge on any atom is -0.508 e. The van der Waals surface area contributed by atoms with E-state index in [1.807, 2.05) is 0 Å². The maximum Gasteiger partial charge on any atom is 0.362 e. The Hall–Kier alpha value is -3.21. The zero-order valence-corrected chi connectivity index (χ0v) is 11.9. The fourth-order valence-electron chi connectivity index (χ4n) is 2.00. The fraction of sp³-hybridized carbons (Fsp3) is 0. The lowest BCUT2D eigenvalue weighted by atomic mass is 10.2. The first-order valence-corrected chi connectivity index (χ1v) is 6.86. The highest BCUT2D eigenvalue weighted by Crippen LogP contribution is 2.11. The van der Waals surface area contributed by atoms with E-state index >= 15 is 0 Å². The van der Waals surface area contributed by atoms with Crippen LogP contribution in [0, 0.1) is 5.82 Å². The molecule has 0 amide bonds. The smallest absolute Gasteiger partial charge is 0.362 e. The Kier molecular flexibility index (Phi) is 4.01. The Morgan fingerprint density at radius 3 is 2.65 bits per heavy atom. The fourth-order valence-corrected chi connectivity index (χ4v) is 2.00. The second-order valence-electron chi connectivity index (χ2n) is 4.81. The first-order valence-electron chi connectivity index (χ1n) is 6.86. The van der Waals surface area contributed by atoms with Crippen molar-refractivity contribution in [2.24, 2.45) is 0 Å². The average Bonchev–Trinajstić information content (AvgIpc) is 2.55. The van der Waals surface area contributed by atoms with Crippen LogP contribution in [-0.4, -0.2) is 10.1 Å². The van der Waals surface area contributed by atoms with Crippen molar-refractivity contribution in [3.05, 3.63) is 87.9 Å². The van der Waals surface area contributed by atoms with Crippen LogP contribution >= 0.6 is 0 Å². The molecule has 0 saturated heterocycles. The molecule has 4 nitrogen and oxygen atoms in total. The number of fused-ring (bicyclic) bond motifs is 1. The van der Waals surface area contributed by atoms with Crippen molar-refractivity contribution in [3.63, 3.8) is 0 Å². The van der Waals surface area contributed by atoms with Gasteiger partial charge in [-0.05, 0) is 35.9 Å². The van der Waals surface area contributed by atoms with Crippen LogP contribution in [0.4, 0.5) is 4.39 Å². The van der Waals surface area contributed by atoms with Gasteiger partial charge in [0.25, 0.3) is 0 Å². The molecule has 1 N–H and O–H groups in total. The zero-order chi connectivity index (χ0) is 16.2. The van der Waals surface area contributed by atoms with Gasteiger partial charge in [0.15, 0.2) is 11.3 Å². The van der Waals surface area contributed by atoms with Crippen LogP contribution in [0.3, 0.4) is 0 Å². The van der Waals surface area contributed by atoms with Crippen LogP contribution in [0.1, 0.15) is 11.3 Å². The first kappa shape index (κ1) is 14.7. The van der Waals surface area contributed by atoms with E-state index in [2.05, 4.69) is 4.98 Å². The van der Waals surface area contributed by atoms with E-state index in [1.165, 1.54) is 24.3 Å². The van der Waals surface area contributed by atoms with Crippen LogP contribution in [0.5, 0.6) is 0 Å². The number of aliphatic hydroxyl groups is 1. The Morgan fingerprint density at radius 2 is 1.87 bits per heavy atom. The molecule has 0 bridgehead atoms. The molecule has 0 aliphatic rings. The molecular formula is C18H12FNO3. The molecule has 0 aliphatic carbocycles. The lowest BCUT2D eigenvalue weighted by Gasteiger charge is -1.97. The van der Waals surface area contributed by atoms with Gasteiger partial charge < -0.3 is 9.52 Å². The second-order valence-corrected chi connectivity index (χ2v) is 4.81. The molecule has 0 unspecified atom stereocenters. The van der Waals surface area contributed by atoms with Crippen molar-refractivity contribution >= 4 is 23.3 Å². The Balaban J connectivity index is 1.89. The standard InChI is InChI=1S/C18H12FNO3/c19-13-8-5-12(6-9-13)7-10-14(21)11-16-18(22)23-17-4-2-1-3-15(17)20-16/h1-11,21H/b10-7+,14-11-. The average molecular weight is 309 g/mol. The number of allylic oxidation sites excluding steroid dienone is 1. The lowest BCUT2D eigenvalue weighted by Crippen LogP contribution is -2.06. The topological polar surface area (TPSA) is 63.3 Å². The first-order chi connectivity index (χ1) is 11.1. The number of halogens is 1. The van der Waals surface area contributed by atoms with Crippen LogP contribution in [-0.2, 0) is 0 Å². The van der Waals surface area contributed by atoms with E-state index in [9.17, 15) is 14.3 Å². The van der Waals surface area contributed by atoms with Gasteiger partial charge in [0, 0.05) is 6.08 Å². The van der Waals surface area contributed by atoms with Crippen molar-refractivity contribution < 1.29 is 13.9 Å². The summed E-state index contributed by atoms with van der Waals surface area (Å²) in [6.45, 7) is 0. The monoisotopic (exact) mass is 309 g/mol. The summed E-state index contributed by atoms with van der Waals surface area (Å²) >= 11 is 0. The molecular weight excluding hydrogens is 297 g/mol. The van der Waals surface area contributed by atoms with E-state index in [0.29, 0.717) is 16.7 Å². The minimum absolute atomic E-state index is 0.00459. The summed E-state index contributed by atoms with van der Waals surface area (Å²) in [7, 11) is 0. The van der Waals surface area contributed by atoms with Gasteiger partial charge in [-0.15, -0.1) is 0 Å². The Bertz CT molecular complexity index is 956. The molecule has 0 radical (unpaired) electrons. The predicted molar refractivity (Wildman–Crippen MR) is 86.3 cm³/mol. The number of nitrogens with zero attached hydrogens (tertiary/aromatic N) is 1. The Labute approximate surface area is 130 Å². The molecule has 5 heteroatoms. The number of aromatic nitrogens is 1.